The van der Waals surface area contributed by atoms with Crippen molar-refractivity contribution < 1.29 is 9.53 Å². The second-order valence-corrected chi connectivity index (χ2v) is 5.39. The standard InChI is InChI=1S/C17H28N4O2.HI/c1-4-23-12-6-10-19-17(18)20-11-9-14-7-5-8-15(13-14)16(22)21(2)3;/h5,7-8,13H,4,6,9-12H2,1-3H3,(H3,18,19,20);1H. The molecule has 0 fully saturated rings. The molecule has 0 saturated carbocycles. The minimum atomic E-state index is 0. The van der Waals surface area contributed by atoms with E-state index in [0.29, 0.717) is 31.2 Å². The predicted octanol–water partition coefficient (Wildman–Crippen LogP) is 1.88. The van der Waals surface area contributed by atoms with Crippen molar-refractivity contribution in [2.24, 2.45) is 10.7 Å². The Morgan fingerprint density at radius 1 is 1.38 bits per heavy atom. The van der Waals surface area contributed by atoms with Crippen LogP contribution >= 0.6 is 24.0 Å². The Hall–Kier alpha value is -1.35. The van der Waals surface area contributed by atoms with Crippen LogP contribution in [0.5, 0.6) is 0 Å². The Kier molecular flexibility index (Phi) is 12.3. The van der Waals surface area contributed by atoms with Crippen molar-refractivity contribution in [3.63, 3.8) is 0 Å². The van der Waals surface area contributed by atoms with E-state index in [9.17, 15) is 4.79 Å². The van der Waals surface area contributed by atoms with Crippen LogP contribution < -0.4 is 11.1 Å². The van der Waals surface area contributed by atoms with Gasteiger partial charge in [0.05, 0.1) is 0 Å². The van der Waals surface area contributed by atoms with Gasteiger partial charge in [-0.25, -0.2) is 0 Å². The molecule has 24 heavy (non-hydrogen) atoms. The first-order valence-corrected chi connectivity index (χ1v) is 7.96. The molecule has 6 nitrogen and oxygen atoms in total. The molecular formula is C17H29IN4O2. The molecule has 0 bridgehead atoms. The van der Waals surface area contributed by atoms with Gasteiger partial charge in [0.25, 0.3) is 5.91 Å². The van der Waals surface area contributed by atoms with Crippen molar-refractivity contribution in [1.29, 1.82) is 0 Å². The van der Waals surface area contributed by atoms with Crippen molar-refractivity contribution in [3.8, 4) is 0 Å². The summed E-state index contributed by atoms with van der Waals surface area (Å²) in [5, 5.41) is 3.09. The molecule has 0 aliphatic rings. The summed E-state index contributed by atoms with van der Waals surface area (Å²) in [5.74, 6) is 0.456. The van der Waals surface area contributed by atoms with E-state index >= 15 is 0 Å². The van der Waals surface area contributed by atoms with Gasteiger partial charge in [0.1, 0.15) is 0 Å². The van der Waals surface area contributed by atoms with Gasteiger partial charge < -0.3 is 20.7 Å². The zero-order valence-electron chi connectivity index (χ0n) is 14.7. The van der Waals surface area contributed by atoms with E-state index < -0.39 is 0 Å². The van der Waals surface area contributed by atoms with E-state index in [1.54, 1.807) is 19.0 Å². The van der Waals surface area contributed by atoms with Gasteiger partial charge in [0.2, 0.25) is 0 Å². The zero-order chi connectivity index (χ0) is 17.1. The summed E-state index contributed by atoms with van der Waals surface area (Å²) >= 11 is 0. The molecule has 0 saturated heterocycles. The third kappa shape index (κ3) is 9.07. The van der Waals surface area contributed by atoms with Gasteiger partial charge in [0, 0.05) is 46.0 Å². The van der Waals surface area contributed by atoms with E-state index in [1.807, 2.05) is 31.2 Å². The summed E-state index contributed by atoms with van der Waals surface area (Å²) in [7, 11) is 3.50. The third-order valence-corrected chi connectivity index (χ3v) is 3.23. The number of carbonyl (C=O) groups is 1. The van der Waals surface area contributed by atoms with Crippen molar-refractivity contribution in [3.05, 3.63) is 35.4 Å². The van der Waals surface area contributed by atoms with Crippen molar-refractivity contribution in [1.82, 2.24) is 10.2 Å². The molecule has 0 unspecified atom stereocenters. The Morgan fingerprint density at radius 3 is 2.79 bits per heavy atom. The van der Waals surface area contributed by atoms with Crippen LogP contribution in [0.1, 0.15) is 29.3 Å². The first-order chi connectivity index (χ1) is 11.0. The van der Waals surface area contributed by atoms with Crippen LogP contribution in [0.2, 0.25) is 0 Å². The van der Waals surface area contributed by atoms with E-state index in [-0.39, 0.29) is 29.9 Å². The van der Waals surface area contributed by atoms with Gasteiger partial charge in [-0.2, -0.15) is 0 Å². The molecule has 3 N–H and O–H groups in total. The smallest absolute Gasteiger partial charge is 0.253 e. The van der Waals surface area contributed by atoms with Crippen LogP contribution in [0.25, 0.3) is 0 Å². The second kappa shape index (κ2) is 13.0. The van der Waals surface area contributed by atoms with Gasteiger partial charge in [0.15, 0.2) is 5.96 Å². The van der Waals surface area contributed by atoms with Gasteiger partial charge in [-0.1, -0.05) is 12.1 Å². The fraction of sp³-hybridized carbons (Fsp3) is 0.529. The quantitative estimate of drug-likeness (QED) is 0.262. The number of guanidine groups is 1. The van der Waals surface area contributed by atoms with Gasteiger partial charge in [-0.05, 0) is 37.5 Å². The number of benzene rings is 1. The number of aliphatic imine (C=N–C) groups is 1. The van der Waals surface area contributed by atoms with Crippen LogP contribution in [0.4, 0.5) is 0 Å². The van der Waals surface area contributed by atoms with Gasteiger partial charge in [-0.3, -0.25) is 9.79 Å². The number of rotatable bonds is 9. The lowest BCUT2D eigenvalue weighted by atomic mass is 10.1. The van der Waals surface area contributed by atoms with Crippen molar-refractivity contribution in [2.75, 3.05) is 40.4 Å². The van der Waals surface area contributed by atoms with Crippen LogP contribution in [-0.4, -0.2) is 57.2 Å². The molecule has 1 amide bonds. The highest BCUT2D eigenvalue weighted by atomic mass is 127. The van der Waals surface area contributed by atoms with E-state index in [4.69, 9.17) is 10.5 Å². The number of hydrogen-bond donors (Lipinski definition) is 2. The highest BCUT2D eigenvalue weighted by Gasteiger charge is 2.07. The molecule has 0 aromatic heterocycles. The number of ether oxygens (including phenoxy) is 1. The molecule has 1 aromatic carbocycles. The lowest BCUT2D eigenvalue weighted by molar-refractivity contribution is 0.0827. The second-order valence-electron chi connectivity index (χ2n) is 5.39. The van der Waals surface area contributed by atoms with E-state index in [2.05, 4.69) is 10.3 Å². The number of nitrogens with two attached hydrogens (primary N) is 1. The largest absolute Gasteiger partial charge is 0.382 e. The monoisotopic (exact) mass is 448 g/mol. The minimum Gasteiger partial charge on any atom is -0.382 e. The summed E-state index contributed by atoms with van der Waals surface area (Å²) < 4.78 is 5.24. The van der Waals surface area contributed by atoms with Crippen LogP contribution in [0, 0.1) is 0 Å². The van der Waals surface area contributed by atoms with Crippen LogP contribution in [-0.2, 0) is 11.2 Å². The molecule has 0 radical (unpaired) electrons. The first-order valence-electron chi connectivity index (χ1n) is 7.96. The summed E-state index contributed by atoms with van der Waals surface area (Å²) in [6.45, 7) is 4.75. The first kappa shape index (κ1) is 22.6. The Bertz CT molecular complexity index is 521. The number of halogens is 1. The number of amides is 1. The van der Waals surface area contributed by atoms with Gasteiger partial charge in [-0.15, -0.1) is 24.0 Å². The number of nitrogens with zero attached hydrogens (tertiary/aromatic N) is 2. The van der Waals surface area contributed by atoms with Crippen LogP contribution in [0.3, 0.4) is 0 Å². The Morgan fingerprint density at radius 2 is 2.12 bits per heavy atom. The predicted molar refractivity (Wildman–Crippen MR) is 109 cm³/mol. The maximum atomic E-state index is 11.9. The topological polar surface area (TPSA) is 80.0 Å². The number of carbonyl (C=O) groups excluding carboxylic acids is 1. The molecule has 7 heteroatoms. The average molecular weight is 448 g/mol. The highest BCUT2D eigenvalue weighted by molar-refractivity contribution is 14.0. The summed E-state index contributed by atoms with van der Waals surface area (Å²) in [6.07, 6.45) is 1.65. The Labute approximate surface area is 161 Å². The van der Waals surface area contributed by atoms with E-state index in [0.717, 1.165) is 25.0 Å². The number of nitrogens with one attached hydrogen (secondary N) is 1. The minimum absolute atomic E-state index is 0. The summed E-state index contributed by atoms with van der Waals surface area (Å²) in [5.41, 5.74) is 7.60. The third-order valence-electron chi connectivity index (χ3n) is 3.23. The molecule has 0 heterocycles. The molecule has 1 aromatic rings. The summed E-state index contributed by atoms with van der Waals surface area (Å²) in [4.78, 5) is 17.7. The molecule has 0 atom stereocenters. The molecular weight excluding hydrogens is 419 g/mol. The molecule has 136 valence electrons. The fourth-order valence-corrected chi connectivity index (χ4v) is 2.02. The molecule has 0 aliphatic heterocycles. The SMILES string of the molecule is CCOCCCN=C(N)NCCc1cccc(C(=O)N(C)C)c1.I. The zero-order valence-corrected chi connectivity index (χ0v) is 17.1. The molecule has 1 rings (SSSR count). The van der Waals surface area contributed by atoms with E-state index in [1.165, 1.54) is 0 Å². The Balaban J connectivity index is 0.00000529. The maximum Gasteiger partial charge on any atom is 0.253 e. The lowest BCUT2D eigenvalue weighted by Gasteiger charge is -2.11. The lowest BCUT2D eigenvalue weighted by Crippen LogP contribution is -2.33. The van der Waals surface area contributed by atoms with Crippen molar-refractivity contribution in [2.45, 2.75) is 19.8 Å². The number of hydrogen-bond acceptors (Lipinski definition) is 3. The normalized spacial score (nSPS) is 10.9. The highest BCUT2D eigenvalue weighted by Crippen LogP contribution is 2.07. The molecule has 0 aliphatic carbocycles. The van der Waals surface area contributed by atoms with Crippen molar-refractivity contribution >= 4 is 35.8 Å². The average Bonchev–Trinajstić information content (AvgIpc) is 2.54. The molecule has 0 spiro atoms. The van der Waals surface area contributed by atoms with Gasteiger partial charge >= 0.3 is 0 Å². The summed E-state index contributed by atoms with van der Waals surface area (Å²) in [6, 6.07) is 7.65. The van der Waals surface area contributed by atoms with Crippen LogP contribution in [0.15, 0.2) is 29.3 Å². The fourth-order valence-electron chi connectivity index (χ4n) is 2.02. The maximum absolute atomic E-state index is 11.9.